The lowest BCUT2D eigenvalue weighted by molar-refractivity contribution is 1.18. The normalized spacial score (nSPS) is 18.4. The average Bonchev–Trinajstić information content (AvgIpc) is 2.19. The lowest BCUT2D eigenvalue weighted by atomic mass is 10.0. The molecule has 1 aromatic carbocycles. The van der Waals surface area contributed by atoms with Gasteiger partial charge < -0.3 is 0 Å². The fourth-order valence-corrected chi connectivity index (χ4v) is 1.60. The molecule has 0 heterocycles. The van der Waals surface area contributed by atoms with Gasteiger partial charge in [-0.25, -0.2) is 0 Å². The largest absolute Gasteiger partial charge is 0.0799 e. The topological polar surface area (TPSA) is 0 Å². The van der Waals surface area contributed by atoms with Gasteiger partial charge in [-0.05, 0) is 30.6 Å². The van der Waals surface area contributed by atoms with Gasteiger partial charge in [0.05, 0.1) is 0 Å². The highest BCUT2D eigenvalue weighted by molar-refractivity contribution is 5.60. The van der Waals surface area contributed by atoms with Crippen molar-refractivity contribution in [3.63, 3.8) is 0 Å². The lowest BCUT2D eigenvalue weighted by Crippen LogP contribution is -1.84. The highest BCUT2D eigenvalue weighted by Gasteiger charge is 1.96. The molecule has 0 aromatic heterocycles. The van der Waals surface area contributed by atoms with Crippen LogP contribution in [0.4, 0.5) is 0 Å². The molecule has 14 heavy (non-hydrogen) atoms. The third-order valence-electron chi connectivity index (χ3n) is 2.30. The van der Waals surface area contributed by atoms with Gasteiger partial charge in [-0.1, -0.05) is 54.1 Å². The molecule has 0 saturated heterocycles. The summed E-state index contributed by atoms with van der Waals surface area (Å²) in [6.45, 7) is 2.17. The molecule has 0 saturated carbocycles. The van der Waals surface area contributed by atoms with E-state index in [1.807, 2.05) is 6.07 Å². The quantitative estimate of drug-likeness (QED) is 0.616. The molecule has 0 aliphatic heterocycles. The fourth-order valence-electron chi connectivity index (χ4n) is 1.60. The zero-order valence-corrected chi connectivity index (χ0v) is 8.40. The van der Waals surface area contributed by atoms with Gasteiger partial charge in [0, 0.05) is 0 Å². The van der Waals surface area contributed by atoms with Gasteiger partial charge in [-0.3, -0.25) is 0 Å². The van der Waals surface area contributed by atoms with Gasteiger partial charge in [-0.15, -0.1) is 0 Å². The standard InChI is InChI=1S/C14H14/c1-12-6-5-9-14(10-12)11-13-7-3-2-4-8-13/h2-5,7-11H,6H2,1H3/b14-11+. The first-order chi connectivity index (χ1) is 6.84. The Morgan fingerprint density at radius 2 is 1.93 bits per heavy atom. The fraction of sp³-hybridized carbons (Fsp3) is 0.143. The summed E-state index contributed by atoms with van der Waals surface area (Å²) >= 11 is 0. The van der Waals surface area contributed by atoms with Crippen LogP contribution in [0.2, 0.25) is 0 Å². The molecule has 0 fully saturated rings. The van der Waals surface area contributed by atoms with Gasteiger partial charge in [0.25, 0.3) is 0 Å². The van der Waals surface area contributed by atoms with Crippen molar-refractivity contribution in [3.05, 3.63) is 65.3 Å². The molecule has 0 spiro atoms. The molecule has 0 N–H and O–H groups in total. The van der Waals surface area contributed by atoms with Crippen molar-refractivity contribution in [2.75, 3.05) is 0 Å². The molecule has 1 aromatic rings. The first-order valence-corrected chi connectivity index (χ1v) is 4.95. The van der Waals surface area contributed by atoms with Crippen LogP contribution in [-0.2, 0) is 0 Å². The van der Waals surface area contributed by atoms with E-state index in [9.17, 15) is 0 Å². The maximum atomic E-state index is 2.24. The van der Waals surface area contributed by atoms with E-state index in [2.05, 4.69) is 55.5 Å². The van der Waals surface area contributed by atoms with E-state index < -0.39 is 0 Å². The van der Waals surface area contributed by atoms with E-state index >= 15 is 0 Å². The van der Waals surface area contributed by atoms with Crippen molar-refractivity contribution in [3.8, 4) is 0 Å². The van der Waals surface area contributed by atoms with E-state index in [1.54, 1.807) is 0 Å². The summed E-state index contributed by atoms with van der Waals surface area (Å²) in [6.07, 6.45) is 9.93. The molecule has 1 aliphatic rings. The maximum Gasteiger partial charge on any atom is -0.0135 e. The maximum absolute atomic E-state index is 2.24. The molecule has 2 rings (SSSR count). The van der Waals surface area contributed by atoms with Crippen molar-refractivity contribution >= 4 is 6.08 Å². The van der Waals surface area contributed by atoms with Crippen LogP contribution >= 0.6 is 0 Å². The smallest absolute Gasteiger partial charge is 0.0135 e. The van der Waals surface area contributed by atoms with Crippen LogP contribution in [0, 0.1) is 0 Å². The predicted octanol–water partition coefficient (Wildman–Crippen LogP) is 3.98. The monoisotopic (exact) mass is 182 g/mol. The average molecular weight is 182 g/mol. The van der Waals surface area contributed by atoms with Crippen LogP contribution in [-0.4, -0.2) is 0 Å². The minimum absolute atomic E-state index is 1.09. The Morgan fingerprint density at radius 1 is 1.14 bits per heavy atom. The van der Waals surface area contributed by atoms with E-state index in [0.29, 0.717) is 0 Å². The summed E-state index contributed by atoms with van der Waals surface area (Å²) < 4.78 is 0. The summed E-state index contributed by atoms with van der Waals surface area (Å²) in [6, 6.07) is 10.4. The van der Waals surface area contributed by atoms with Crippen molar-refractivity contribution in [1.29, 1.82) is 0 Å². The molecule has 70 valence electrons. The SMILES string of the molecule is CC1=C/C(=C/c2ccccc2)C=CC1. The first-order valence-electron chi connectivity index (χ1n) is 4.95. The Morgan fingerprint density at radius 3 is 2.64 bits per heavy atom. The minimum atomic E-state index is 1.09. The third kappa shape index (κ3) is 2.23. The number of hydrogen-bond acceptors (Lipinski definition) is 0. The third-order valence-corrected chi connectivity index (χ3v) is 2.30. The van der Waals surface area contributed by atoms with Crippen LogP contribution in [0.15, 0.2) is 59.7 Å². The van der Waals surface area contributed by atoms with E-state index in [0.717, 1.165) is 6.42 Å². The zero-order chi connectivity index (χ0) is 9.80. The molecule has 0 radical (unpaired) electrons. The van der Waals surface area contributed by atoms with E-state index in [-0.39, 0.29) is 0 Å². The first kappa shape index (κ1) is 9.01. The number of rotatable bonds is 1. The summed E-state index contributed by atoms with van der Waals surface area (Å²) in [5, 5.41) is 0. The summed E-state index contributed by atoms with van der Waals surface area (Å²) in [5.74, 6) is 0. The van der Waals surface area contributed by atoms with Gasteiger partial charge in [0.2, 0.25) is 0 Å². The van der Waals surface area contributed by atoms with Crippen LogP contribution in [0.25, 0.3) is 6.08 Å². The molecular formula is C14H14. The molecule has 0 nitrogen and oxygen atoms in total. The second-order valence-corrected chi connectivity index (χ2v) is 3.65. The van der Waals surface area contributed by atoms with Crippen molar-refractivity contribution < 1.29 is 0 Å². The molecule has 0 atom stereocenters. The highest BCUT2D eigenvalue weighted by Crippen LogP contribution is 2.17. The summed E-state index contributed by atoms with van der Waals surface area (Å²) in [7, 11) is 0. The van der Waals surface area contributed by atoms with E-state index in [1.165, 1.54) is 16.7 Å². The van der Waals surface area contributed by atoms with E-state index in [4.69, 9.17) is 0 Å². The van der Waals surface area contributed by atoms with Crippen molar-refractivity contribution in [2.24, 2.45) is 0 Å². The van der Waals surface area contributed by atoms with Gasteiger partial charge >= 0.3 is 0 Å². The Kier molecular flexibility index (Phi) is 2.64. The van der Waals surface area contributed by atoms with Gasteiger partial charge in [0.15, 0.2) is 0 Å². The number of allylic oxidation sites excluding steroid dienone is 5. The van der Waals surface area contributed by atoms with Crippen LogP contribution < -0.4 is 0 Å². The molecule has 0 heteroatoms. The van der Waals surface area contributed by atoms with Crippen LogP contribution in [0.1, 0.15) is 18.9 Å². The Hall–Kier alpha value is -1.56. The molecule has 1 aliphatic carbocycles. The number of hydrogen-bond donors (Lipinski definition) is 0. The Labute approximate surface area is 85.3 Å². The summed E-state index contributed by atoms with van der Waals surface area (Å²) in [4.78, 5) is 0. The predicted molar refractivity (Wildman–Crippen MR) is 61.9 cm³/mol. The highest BCUT2D eigenvalue weighted by atomic mass is 14.0. The molecule has 0 amide bonds. The Bertz CT molecular complexity index is 391. The van der Waals surface area contributed by atoms with Crippen molar-refractivity contribution in [1.82, 2.24) is 0 Å². The van der Waals surface area contributed by atoms with Gasteiger partial charge in [-0.2, -0.15) is 0 Å². The molecule has 0 bridgehead atoms. The second-order valence-electron chi connectivity index (χ2n) is 3.65. The molecule has 0 unspecified atom stereocenters. The summed E-state index contributed by atoms with van der Waals surface area (Å²) in [5.41, 5.74) is 3.98. The Balaban J connectivity index is 2.27. The van der Waals surface area contributed by atoms with Crippen LogP contribution in [0.5, 0.6) is 0 Å². The van der Waals surface area contributed by atoms with Gasteiger partial charge in [0.1, 0.15) is 0 Å². The lowest BCUT2D eigenvalue weighted by Gasteiger charge is -2.05. The second kappa shape index (κ2) is 4.10. The minimum Gasteiger partial charge on any atom is -0.0799 e. The van der Waals surface area contributed by atoms with Crippen molar-refractivity contribution in [2.45, 2.75) is 13.3 Å². The number of benzene rings is 1. The molecular weight excluding hydrogens is 168 g/mol. The van der Waals surface area contributed by atoms with Crippen LogP contribution in [0.3, 0.4) is 0 Å². The zero-order valence-electron chi connectivity index (χ0n) is 8.40.